The molecule has 2 heterocycles. The van der Waals surface area contributed by atoms with E-state index in [1.54, 1.807) is 11.7 Å². The molecule has 1 saturated heterocycles. The summed E-state index contributed by atoms with van der Waals surface area (Å²) < 4.78 is 7.68. The lowest BCUT2D eigenvalue weighted by Gasteiger charge is -2.21. The number of aliphatic hydroxyl groups is 1. The van der Waals surface area contributed by atoms with Crippen LogP contribution in [-0.4, -0.2) is 32.8 Å². The van der Waals surface area contributed by atoms with Crippen molar-refractivity contribution in [1.82, 2.24) is 15.0 Å². The topological polar surface area (TPSA) is 60.2 Å². The summed E-state index contributed by atoms with van der Waals surface area (Å²) in [6, 6.07) is 0. The number of aryl methyl sites for hydroxylation is 1. The number of aromatic nitrogens is 3. The van der Waals surface area contributed by atoms with Crippen molar-refractivity contribution in [2.24, 2.45) is 13.0 Å². The first-order valence-electron chi connectivity index (χ1n) is 4.96. The molecule has 1 aromatic rings. The molecule has 0 aromatic carbocycles. The first-order chi connectivity index (χ1) is 7.11. The van der Waals surface area contributed by atoms with Crippen LogP contribution in [0.4, 0.5) is 0 Å². The lowest BCUT2D eigenvalue weighted by atomic mass is 9.98. The molecule has 1 N–H and O–H groups in total. The van der Waals surface area contributed by atoms with Crippen molar-refractivity contribution in [3.63, 3.8) is 0 Å². The summed E-state index contributed by atoms with van der Waals surface area (Å²) >= 11 is 3.27. The number of aliphatic hydroxyl groups excluding tert-OH is 1. The van der Waals surface area contributed by atoms with Crippen LogP contribution in [0.3, 0.4) is 0 Å². The van der Waals surface area contributed by atoms with Crippen molar-refractivity contribution in [2.75, 3.05) is 6.61 Å². The van der Waals surface area contributed by atoms with E-state index in [4.69, 9.17) is 4.74 Å². The normalized spacial score (nSPS) is 28.3. The summed E-state index contributed by atoms with van der Waals surface area (Å²) in [5.74, 6) is 0.363. The van der Waals surface area contributed by atoms with E-state index < -0.39 is 6.10 Å². The van der Waals surface area contributed by atoms with Gasteiger partial charge in [0.25, 0.3) is 0 Å². The number of ether oxygens (including phenoxy) is 1. The van der Waals surface area contributed by atoms with Gasteiger partial charge >= 0.3 is 0 Å². The van der Waals surface area contributed by atoms with Crippen LogP contribution in [0.25, 0.3) is 0 Å². The minimum Gasteiger partial charge on any atom is -0.384 e. The van der Waals surface area contributed by atoms with Gasteiger partial charge in [-0.25, -0.2) is 4.68 Å². The van der Waals surface area contributed by atoms with Gasteiger partial charge in [-0.2, -0.15) is 0 Å². The van der Waals surface area contributed by atoms with Crippen molar-refractivity contribution in [3.8, 4) is 0 Å². The summed E-state index contributed by atoms with van der Waals surface area (Å²) in [5.41, 5.74) is 0.675. The van der Waals surface area contributed by atoms with E-state index in [2.05, 4.69) is 33.2 Å². The molecular weight excluding hydrogens is 262 g/mol. The average molecular weight is 276 g/mol. The van der Waals surface area contributed by atoms with Crippen LogP contribution in [0.5, 0.6) is 0 Å². The monoisotopic (exact) mass is 275 g/mol. The lowest BCUT2D eigenvalue weighted by molar-refractivity contribution is -0.0218. The summed E-state index contributed by atoms with van der Waals surface area (Å²) in [6.07, 6.45) is 0.167. The van der Waals surface area contributed by atoms with Crippen molar-refractivity contribution in [1.29, 1.82) is 0 Å². The van der Waals surface area contributed by atoms with Gasteiger partial charge in [0.15, 0.2) is 4.60 Å². The molecule has 2 rings (SSSR count). The Morgan fingerprint density at radius 2 is 2.40 bits per heavy atom. The van der Waals surface area contributed by atoms with Gasteiger partial charge in [-0.1, -0.05) is 12.1 Å². The highest BCUT2D eigenvalue weighted by Crippen LogP contribution is 2.33. The highest BCUT2D eigenvalue weighted by atomic mass is 79.9. The maximum absolute atomic E-state index is 10.2. The zero-order chi connectivity index (χ0) is 11.0. The molecule has 0 radical (unpaired) electrons. The van der Waals surface area contributed by atoms with Gasteiger partial charge in [0.05, 0.1) is 6.10 Å². The maximum Gasteiger partial charge on any atom is 0.154 e. The Morgan fingerprint density at radius 3 is 2.87 bits per heavy atom. The predicted octanol–water partition coefficient (Wildman–Crippen LogP) is 1.04. The highest BCUT2D eigenvalue weighted by molar-refractivity contribution is 9.10. The molecule has 6 heteroatoms. The van der Waals surface area contributed by atoms with Gasteiger partial charge in [-0.3, -0.25) is 0 Å². The van der Waals surface area contributed by atoms with Crippen LogP contribution < -0.4 is 0 Å². The Balaban J connectivity index is 2.23. The van der Waals surface area contributed by atoms with Crippen LogP contribution in [0.1, 0.15) is 25.1 Å². The van der Waals surface area contributed by atoms with E-state index in [1.807, 2.05) is 0 Å². The lowest BCUT2D eigenvalue weighted by Crippen LogP contribution is -2.25. The quantitative estimate of drug-likeness (QED) is 0.876. The molecular formula is C9H14BrN3O2. The van der Waals surface area contributed by atoms with Crippen LogP contribution in [0.2, 0.25) is 0 Å². The van der Waals surface area contributed by atoms with Gasteiger partial charge in [0, 0.05) is 13.7 Å². The third-order valence-electron chi connectivity index (χ3n) is 2.86. The molecule has 3 unspecified atom stereocenters. The SMILES string of the molecule is CC1CCOC1C(O)c1c(Br)nnn1C. The molecule has 5 nitrogen and oxygen atoms in total. The van der Waals surface area contributed by atoms with Gasteiger partial charge in [-0.15, -0.1) is 5.10 Å². The average Bonchev–Trinajstić information content (AvgIpc) is 2.73. The Labute approximate surface area is 96.6 Å². The fourth-order valence-corrected chi connectivity index (χ4v) is 2.49. The molecule has 3 atom stereocenters. The molecule has 1 aliphatic heterocycles. The predicted molar refractivity (Wildman–Crippen MR) is 57.2 cm³/mol. The number of hydrogen-bond donors (Lipinski definition) is 1. The Hall–Kier alpha value is -0.460. The fourth-order valence-electron chi connectivity index (χ4n) is 1.93. The standard InChI is InChI=1S/C9H14BrN3O2/c1-5-3-4-15-8(5)7(14)6-9(10)11-12-13(6)2/h5,7-8,14H,3-4H2,1-2H3. The molecule has 0 aliphatic carbocycles. The number of rotatable bonds is 2. The summed E-state index contributed by atoms with van der Waals surface area (Å²) in [6.45, 7) is 2.80. The fraction of sp³-hybridized carbons (Fsp3) is 0.778. The molecule has 0 bridgehead atoms. The van der Waals surface area contributed by atoms with Crippen molar-refractivity contribution < 1.29 is 9.84 Å². The third kappa shape index (κ3) is 1.93. The van der Waals surface area contributed by atoms with Crippen molar-refractivity contribution >= 4 is 15.9 Å². The van der Waals surface area contributed by atoms with Gasteiger partial charge in [0.1, 0.15) is 11.8 Å². The van der Waals surface area contributed by atoms with Crippen LogP contribution in [0.15, 0.2) is 4.60 Å². The minimum atomic E-state index is -0.670. The molecule has 84 valence electrons. The number of hydrogen-bond acceptors (Lipinski definition) is 4. The Bertz CT molecular complexity index is 336. The molecule has 1 aliphatic rings. The zero-order valence-corrected chi connectivity index (χ0v) is 10.3. The Morgan fingerprint density at radius 1 is 1.67 bits per heavy atom. The second-order valence-electron chi connectivity index (χ2n) is 3.94. The first-order valence-corrected chi connectivity index (χ1v) is 5.75. The van der Waals surface area contributed by atoms with E-state index in [9.17, 15) is 5.11 Å². The Kier molecular flexibility index (Phi) is 3.08. The summed E-state index contributed by atoms with van der Waals surface area (Å²) in [5, 5.41) is 17.9. The van der Waals surface area contributed by atoms with Crippen molar-refractivity contribution in [3.05, 3.63) is 10.3 Å². The molecule has 15 heavy (non-hydrogen) atoms. The largest absolute Gasteiger partial charge is 0.384 e. The molecule has 0 saturated carbocycles. The van der Waals surface area contributed by atoms with Crippen molar-refractivity contribution in [2.45, 2.75) is 25.6 Å². The zero-order valence-electron chi connectivity index (χ0n) is 8.72. The maximum atomic E-state index is 10.2. The second-order valence-corrected chi connectivity index (χ2v) is 4.69. The van der Waals surface area contributed by atoms with E-state index in [1.165, 1.54) is 0 Å². The van der Waals surface area contributed by atoms with E-state index in [-0.39, 0.29) is 6.10 Å². The molecule has 1 fully saturated rings. The first kappa shape index (κ1) is 11.0. The van der Waals surface area contributed by atoms with Crippen LogP contribution in [0, 0.1) is 5.92 Å². The summed E-state index contributed by atoms with van der Waals surface area (Å²) in [4.78, 5) is 0. The van der Waals surface area contributed by atoms with Crippen LogP contribution >= 0.6 is 15.9 Å². The minimum absolute atomic E-state index is 0.154. The highest BCUT2D eigenvalue weighted by Gasteiger charge is 2.34. The third-order valence-corrected chi connectivity index (χ3v) is 3.43. The van der Waals surface area contributed by atoms with Crippen LogP contribution in [-0.2, 0) is 11.8 Å². The van der Waals surface area contributed by atoms with Gasteiger partial charge in [0.2, 0.25) is 0 Å². The van der Waals surface area contributed by atoms with E-state index >= 15 is 0 Å². The number of nitrogens with zero attached hydrogens (tertiary/aromatic N) is 3. The molecule has 0 amide bonds. The smallest absolute Gasteiger partial charge is 0.154 e. The summed E-state index contributed by atoms with van der Waals surface area (Å²) in [7, 11) is 1.76. The van der Waals surface area contributed by atoms with Gasteiger partial charge < -0.3 is 9.84 Å². The van der Waals surface area contributed by atoms with E-state index in [0.29, 0.717) is 22.8 Å². The number of halogens is 1. The molecule has 1 aromatic heterocycles. The van der Waals surface area contributed by atoms with E-state index in [0.717, 1.165) is 6.42 Å². The molecule has 0 spiro atoms. The second kappa shape index (κ2) is 4.19. The van der Waals surface area contributed by atoms with Gasteiger partial charge in [-0.05, 0) is 28.3 Å².